The van der Waals surface area contributed by atoms with Crippen LogP contribution in [0.15, 0.2) is 35.5 Å². The molecule has 0 aliphatic carbocycles. The molecule has 0 spiro atoms. The third-order valence-electron chi connectivity index (χ3n) is 2.01. The van der Waals surface area contributed by atoms with E-state index in [9.17, 15) is 0 Å². The summed E-state index contributed by atoms with van der Waals surface area (Å²) in [6, 6.07) is 4.46. The van der Waals surface area contributed by atoms with Gasteiger partial charge < -0.3 is 9.73 Å². The molecule has 0 aliphatic rings. The molecule has 0 aliphatic heterocycles. The second kappa shape index (κ2) is 5.60. The van der Waals surface area contributed by atoms with Gasteiger partial charge in [0.1, 0.15) is 5.76 Å². The maximum atomic E-state index is 5.24. The lowest BCUT2D eigenvalue weighted by Crippen LogP contribution is -2.26. The van der Waals surface area contributed by atoms with Gasteiger partial charge in [-0.2, -0.15) is 0 Å². The van der Waals surface area contributed by atoms with Crippen LogP contribution in [0.1, 0.15) is 19.1 Å². The summed E-state index contributed by atoms with van der Waals surface area (Å²) in [5.74, 6) is 1.06. The Morgan fingerprint density at radius 3 is 3.15 bits per heavy atom. The minimum absolute atomic E-state index is 0.517. The SMILES string of the molecule is C=CCNC(C)CCc1ccco1. The Kier molecular flexibility index (Phi) is 4.33. The summed E-state index contributed by atoms with van der Waals surface area (Å²) in [5, 5.41) is 3.33. The van der Waals surface area contributed by atoms with Crippen molar-refractivity contribution in [1.29, 1.82) is 0 Å². The van der Waals surface area contributed by atoms with Crippen LogP contribution in [-0.4, -0.2) is 12.6 Å². The average Bonchev–Trinajstić information content (AvgIpc) is 2.64. The molecule has 1 aromatic heterocycles. The molecule has 0 amide bonds. The molecule has 0 radical (unpaired) electrons. The van der Waals surface area contributed by atoms with Crippen molar-refractivity contribution in [2.45, 2.75) is 25.8 Å². The van der Waals surface area contributed by atoms with Crippen LogP contribution in [0.3, 0.4) is 0 Å². The topological polar surface area (TPSA) is 25.2 Å². The van der Waals surface area contributed by atoms with E-state index in [1.807, 2.05) is 18.2 Å². The van der Waals surface area contributed by atoms with Gasteiger partial charge in [0.05, 0.1) is 6.26 Å². The molecule has 2 heteroatoms. The first-order chi connectivity index (χ1) is 6.33. The first-order valence-electron chi connectivity index (χ1n) is 4.69. The molecule has 1 heterocycles. The van der Waals surface area contributed by atoms with Crippen LogP contribution in [0.5, 0.6) is 0 Å². The molecule has 2 nitrogen and oxygen atoms in total. The van der Waals surface area contributed by atoms with Crippen molar-refractivity contribution in [2.75, 3.05) is 6.54 Å². The average molecular weight is 179 g/mol. The Labute approximate surface area is 79.6 Å². The number of nitrogens with one attached hydrogen (secondary N) is 1. The molecule has 0 fully saturated rings. The van der Waals surface area contributed by atoms with Gasteiger partial charge in [0.15, 0.2) is 0 Å². The molecule has 1 unspecified atom stereocenters. The highest BCUT2D eigenvalue weighted by Gasteiger charge is 2.01. The number of hydrogen-bond donors (Lipinski definition) is 1. The summed E-state index contributed by atoms with van der Waals surface area (Å²) in [6.45, 7) is 6.71. The fraction of sp³-hybridized carbons (Fsp3) is 0.455. The molecule has 72 valence electrons. The lowest BCUT2D eigenvalue weighted by atomic mass is 10.1. The molecule has 1 N–H and O–H groups in total. The van der Waals surface area contributed by atoms with Gasteiger partial charge in [-0.15, -0.1) is 6.58 Å². The van der Waals surface area contributed by atoms with E-state index in [-0.39, 0.29) is 0 Å². The molecule has 0 saturated heterocycles. The predicted molar refractivity (Wildman–Crippen MR) is 54.7 cm³/mol. The Hall–Kier alpha value is -1.02. The van der Waals surface area contributed by atoms with E-state index in [1.165, 1.54) is 0 Å². The van der Waals surface area contributed by atoms with Gasteiger partial charge in [-0.3, -0.25) is 0 Å². The second-order valence-corrected chi connectivity index (χ2v) is 3.22. The van der Waals surface area contributed by atoms with Crippen molar-refractivity contribution < 1.29 is 4.42 Å². The van der Waals surface area contributed by atoms with E-state index in [4.69, 9.17) is 4.42 Å². The summed E-state index contributed by atoms with van der Waals surface area (Å²) in [7, 11) is 0. The van der Waals surface area contributed by atoms with Crippen molar-refractivity contribution in [1.82, 2.24) is 5.32 Å². The zero-order valence-electron chi connectivity index (χ0n) is 8.12. The monoisotopic (exact) mass is 179 g/mol. The van der Waals surface area contributed by atoms with Gasteiger partial charge in [-0.1, -0.05) is 6.08 Å². The van der Waals surface area contributed by atoms with E-state index in [0.717, 1.165) is 25.1 Å². The molecule has 13 heavy (non-hydrogen) atoms. The van der Waals surface area contributed by atoms with E-state index >= 15 is 0 Å². The van der Waals surface area contributed by atoms with Gasteiger partial charge in [0.2, 0.25) is 0 Å². The molecule has 0 bridgehead atoms. The maximum Gasteiger partial charge on any atom is 0.103 e. The highest BCUT2D eigenvalue weighted by atomic mass is 16.3. The third-order valence-corrected chi connectivity index (χ3v) is 2.01. The van der Waals surface area contributed by atoms with E-state index in [0.29, 0.717) is 6.04 Å². The third kappa shape index (κ3) is 3.95. The lowest BCUT2D eigenvalue weighted by molar-refractivity contribution is 0.469. The summed E-state index contributed by atoms with van der Waals surface area (Å²) in [6.07, 6.45) is 5.69. The van der Waals surface area contributed by atoms with Crippen molar-refractivity contribution >= 4 is 0 Å². The van der Waals surface area contributed by atoms with Crippen LogP contribution < -0.4 is 5.32 Å². The summed E-state index contributed by atoms with van der Waals surface area (Å²) >= 11 is 0. The molecular weight excluding hydrogens is 162 g/mol. The number of rotatable bonds is 6. The highest BCUT2D eigenvalue weighted by molar-refractivity contribution is 4.98. The quantitative estimate of drug-likeness (QED) is 0.678. The van der Waals surface area contributed by atoms with Gasteiger partial charge in [-0.25, -0.2) is 0 Å². The number of furan rings is 1. The Morgan fingerprint density at radius 2 is 2.54 bits per heavy atom. The highest BCUT2D eigenvalue weighted by Crippen LogP contribution is 2.05. The van der Waals surface area contributed by atoms with Crippen LogP contribution in [0.25, 0.3) is 0 Å². The molecule has 1 rings (SSSR count). The molecular formula is C11H17NO. The molecule has 1 aromatic rings. The first-order valence-corrected chi connectivity index (χ1v) is 4.69. The maximum absolute atomic E-state index is 5.24. The van der Waals surface area contributed by atoms with Crippen molar-refractivity contribution in [3.05, 3.63) is 36.8 Å². The second-order valence-electron chi connectivity index (χ2n) is 3.22. The predicted octanol–water partition coefficient (Wildman–Crippen LogP) is 2.38. The summed E-state index contributed by atoms with van der Waals surface area (Å²) in [4.78, 5) is 0. The largest absolute Gasteiger partial charge is 0.469 e. The smallest absolute Gasteiger partial charge is 0.103 e. The van der Waals surface area contributed by atoms with Crippen molar-refractivity contribution in [3.8, 4) is 0 Å². The lowest BCUT2D eigenvalue weighted by Gasteiger charge is -2.10. The Balaban J connectivity index is 2.15. The van der Waals surface area contributed by atoms with Crippen LogP contribution in [0.2, 0.25) is 0 Å². The van der Waals surface area contributed by atoms with E-state index in [1.54, 1.807) is 6.26 Å². The zero-order valence-corrected chi connectivity index (χ0v) is 8.12. The van der Waals surface area contributed by atoms with Gasteiger partial charge in [0.25, 0.3) is 0 Å². The zero-order chi connectivity index (χ0) is 9.52. The minimum Gasteiger partial charge on any atom is -0.469 e. The van der Waals surface area contributed by atoms with Crippen LogP contribution in [0, 0.1) is 0 Å². The fourth-order valence-electron chi connectivity index (χ4n) is 1.20. The standard InChI is InChI=1S/C11H17NO/c1-3-8-12-10(2)6-7-11-5-4-9-13-11/h3-5,9-10,12H,1,6-8H2,2H3. The summed E-state index contributed by atoms with van der Waals surface area (Å²) < 4.78 is 5.24. The fourth-order valence-corrected chi connectivity index (χ4v) is 1.20. The number of aryl methyl sites for hydroxylation is 1. The Morgan fingerprint density at radius 1 is 1.69 bits per heavy atom. The minimum atomic E-state index is 0.517. The van der Waals surface area contributed by atoms with Gasteiger partial charge in [-0.05, 0) is 25.5 Å². The van der Waals surface area contributed by atoms with Crippen LogP contribution in [0.4, 0.5) is 0 Å². The summed E-state index contributed by atoms with van der Waals surface area (Å²) in [5.41, 5.74) is 0. The number of hydrogen-bond acceptors (Lipinski definition) is 2. The van der Waals surface area contributed by atoms with Crippen molar-refractivity contribution in [2.24, 2.45) is 0 Å². The Bertz CT molecular complexity index is 228. The van der Waals surface area contributed by atoms with Crippen molar-refractivity contribution in [3.63, 3.8) is 0 Å². The first kappa shape index (κ1) is 10.1. The van der Waals surface area contributed by atoms with Crippen LogP contribution in [-0.2, 0) is 6.42 Å². The van der Waals surface area contributed by atoms with Crippen LogP contribution >= 0.6 is 0 Å². The van der Waals surface area contributed by atoms with Gasteiger partial charge in [0, 0.05) is 19.0 Å². The van der Waals surface area contributed by atoms with E-state index < -0.39 is 0 Å². The molecule has 1 atom stereocenters. The normalized spacial score (nSPS) is 12.7. The van der Waals surface area contributed by atoms with E-state index in [2.05, 4.69) is 18.8 Å². The molecule has 0 saturated carbocycles. The molecule has 0 aromatic carbocycles. The van der Waals surface area contributed by atoms with Gasteiger partial charge >= 0.3 is 0 Å².